The molecule has 1 atom stereocenters. The number of aliphatic hydroxyl groups excluding tert-OH is 1. The Kier molecular flexibility index (Phi) is 8.09. The number of rotatable bonds is 9. The minimum atomic E-state index is -0.388. The lowest BCUT2D eigenvalue weighted by molar-refractivity contribution is 0.0398. The van der Waals surface area contributed by atoms with Gasteiger partial charge in [-0.15, -0.1) is 0 Å². The van der Waals surface area contributed by atoms with Crippen molar-refractivity contribution in [2.75, 3.05) is 24.7 Å². The summed E-state index contributed by atoms with van der Waals surface area (Å²) in [5.74, 6) is 1.72. The van der Waals surface area contributed by atoms with Crippen LogP contribution < -0.4 is 5.73 Å². The first-order valence-electron chi connectivity index (χ1n) is 5.90. The number of hydrogen-bond acceptors (Lipinski definition) is 4. The lowest BCUT2D eigenvalue weighted by Gasteiger charge is -2.10. The molecule has 1 aromatic rings. The molecule has 0 fully saturated rings. The smallest absolute Gasteiger partial charge is 0.0863 e. The topological polar surface area (TPSA) is 55.5 Å². The normalized spacial score (nSPS) is 12.6. The van der Waals surface area contributed by atoms with Crippen molar-refractivity contribution in [1.82, 2.24) is 0 Å². The SMILES string of the molecule is NCCCSCC(O)COCc1ccccc1. The van der Waals surface area contributed by atoms with Crippen LogP contribution in [0.3, 0.4) is 0 Å². The fourth-order valence-corrected chi connectivity index (χ4v) is 2.25. The zero-order valence-electron chi connectivity index (χ0n) is 10.0. The zero-order valence-corrected chi connectivity index (χ0v) is 10.9. The maximum atomic E-state index is 9.65. The van der Waals surface area contributed by atoms with Crippen molar-refractivity contribution in [2.45, 2.75) is 19.1 Å². The molecule has 0 spiro atoms. The first-order valence-corrected chi connectivity index (χ1v) is 7.06. The van der Waals surface area contributed by atoms with Crippen molar-refractivity contribution < 1.29 is 9.84 Å². The van der Waals surface area contributed by atoms with Gasteiger partial charge in [0.05, 0.1) is 19.3 Å². The number of aliphatic hydroxyl groups is 1. The molecule has 0 saturated carbocycles. The van der Waals surface area contributed by atoms with Gasteiger partial charge in [0.15, 0.2) is 0 Å². The van der Waals surface area contributed by atoms with Crippen LogP contribution in [0.1, 0.15) is 12.0 Å². The van der Waals surface area contributed by atoms with E-state index in [0.717, 1.165) is 23.5 Å². The molecule has 17 heavy (non-hydrogen) atoms. The molecule has 1 aromatic carbocycles. The highest BCUT2D eigenvalue weighted by Crippen LogP contribution is 2.06. The predicted octanol–water partition coefficient (Wildman–Crippen LogP) is 1.65. The standard InChI is InChI=1S/C13H21NO2S/c14-7-4-8-17-11-13(15)10-16-9-12-5-2-1-3-6-12/h1-3,5-6,13,15H,4,7-11,14H2. The molecule has 0 aliphatic rings. The maximum Gasteiger partial charge on any atom is 0.0863 e. The van der Waals surface area contributed by atoms with Gasteiger partial charge in [0.1, 0.15) is 0 Å². The summed E-state index contributed by atoms with van der Waals surface area (Å²) in [6.07, 6.45) is 0.615. The molecule has 0 saturated heterocycles. The summed E-state index contributed by atoms with van der Waals surface area (Å²) >= 11 is 1.72. The third kappa shape index (κ3) is 7.39. The number of ether oxygens (including phenoxy) is 1. The van der Waals surface area contributed by atoms with Gasteiger partial charge in [-0.3, -0.25) is 0 Å². The maximum absolute atomic E-state index is 9.65. The number of thioether (sulfide) groups is 1. The summed E-state index contributed by atoms with van der Waals surface area (Å²) in [5, 5.41) is 9.65. The summed E-state index contributed by atoms with van der Waals surface area (Å²) in [5.41, 5.74) is 6.52. The van der Waals surface area contributed by atoms with Gasteiger partial charge < -0.3 is 15.6 Å². The van der Waals surface area contributed by atoms with Crippen LogP contribution in [0.5, 0.6) is 0 Å². The minimum Gasteiger partial charge on any atom is -0.390 e. The van der Waals surface area contributed by atoms with Crippen LogP contribution in [0.15, 0.2) is 30.3 Å². The van der Waals surface area contributed by atoms with Crippen LogP contribution in [-0.4, -0.2) is 35.9 Å². The van der Waals surface area contributed by atoms with E-state index in [2.05, 4.69) is 0 Å². The molecule has 0 aliphatic carbocycles. The Hall–Kier alpha value is -0.550. The molecule has 3 N–H and O–H groups in total. The van der Waals surface area contributed by atoms with Crippen LogP contribution in [0.4, 0.5) is 0 Å². The van der Waals surface area contributed by atoms with Crippen molar-refractivity contribution >= 4 is 11.8 Å². The fraction of sp³-hybridized carbons (Fsp3) is 0.538. The molecule has 0 amide bonds. The number of benzene rings is 1. The van der Waals surface area contributed by atoms with Gasteiger partial charge >= 0.3 is 0 Å². The first-order chi connectivity index (χ1) is 8.33. The molecular formula is C13H21NO2S. The zero-order chi connectivity index (χ0) is 12.3. The molecule has 0 aliphatic heterocycles. The second-order valence-corrected chi connectivity index (χ2v) is 5.02. The van der Waals surface area contributed by atoms with E-state index in [1.807, 2.05) is 30.3 Å². The Bertz CT molecular complexity index is 282. The molecular weight excluding hydrogens is 234 g/mol. The lowest BCUT2D eigenvalue weighted by atomic mass is 10.2. The molecule has 3 nitrogen and oxygen atoms in total. The monoisotopic (exact) mass is 255 g/mol. The Morgan fingerprint density at radius 1 is 1.29 bits per heavy atom. The Balaban J connectivity index is 2.02. The van der Waals surface area contributed by atoms with Crippen LogP contribution >= 0.6 is 11.8 Å². The third-order valence-electron chi connectivity index (χ3n) is 2.22. The average molecular weight is 255 g/mol. The van der Waals surface area contributed by atoms with Crippen LogP contribution in [-0.2, 0) is 11.3 Å². The van der Waals surface area contributed by atoms with Crippen molar-refractivity contribution in [3.05, 3.63) is 35.9 Å². The van der Waals surface area contributed by atoms with Gasteiger partial charge in [-0.05, 0) is 24.3 Å². The van der Waals surface area contributed by atoms with Crippen LogP contribution in [0.2, 0.25) is 0 Å². The van der Waals surface area contributed by atoms with E-state index < -0.39 is 0 Å². The highest BCUT2D eigenvalue weighted by atomic mass is 32.2. The third-order valence-corrected chi connectivity index (χ3v) is 3.42. The quantitative estimate of drug-likeness (QED) is 0.659. The first kappa shape index (κ1) is 14.5. The van der Waals surface area contributed by atoms with E-state index in [-0.39, 0.29) is 6.10 Å². The molecule has 0 aromatic heterocycles. The molecule has 4 heteroatoms. The summed E-state index contributed by atoms with van der Waals surface area (Å²) < 4.78 is 5.45. The molecule has 0 bridgehead atoms. The largest absolute Gasteiger partial charge is 0.390 e. The fourth-order valence-electron chi connectivity index (χ4n) is 1.34. The number of nitrogens with two attached hydrogens (primary N) is 1. The van der Waals surface area contributed by atoms with Gasteiger partial charge in [-0.25, -0.2) is 0 Å². The Morgan fingerprint density at radius 3 is 2.76 bits per heavy atom. The van der Waals surface area contributed by atoms with Gasteiger partial charge in [-0.2, -0.15) is 11.8 Å². The van der Waals surface area contributed by atoms with Crippen molar-refractivity contribution in [3.63, 3.8) is 0 Å². The molecule has 0 radical (unpaired) electrons. The highest BCUT2D eigenvalue weighted by molar-refractivity contribution is 7.99. The van der Waals surface area contributed by atoms with Gasteiger partial charge in [-0.1, -0.05) is 30.3 Å². The van der Waals surface area contributed by atoms with E-state index in [9.17, 15) is 5.11 Å². The summed E-state index contributed by atoms with van der Waals surface area (Å²) in [6, 6.07) is 9.98. The van der Waals surface area contributed by atoms with Crippen LogP contribution in [0.25, 0.3) is 0 Å². The molecule has 96 valence electrons. The second-order valence-electron chi connectivity index (χ2n) is 3.87. The van der Waals surface area contributed by atoms with Crippen molar-refractivity contribution in [2.24, 2.45) is 5.73 Å². The average Bonchev–Trinajstić information content (AvgIpc) is 2.36. The van der Waals surface area contributed by atoms with E-state index in [1.54, 1.807) is 11.8 Å². The van der Waals surface area contributed by atoms with Gasteiger partial charge in [0, 0.05) is 5.75 Å². The number of hydrogen-bond donors (Lipinski definition) is 2. The Labute approximate surface area is 107 Å². The van der Waals surface area contributed by atoms with Gasteiger partial charge in [0.2, 0.25) is 0 Å². The molecule has 1 unspecified atom stereocenters. The Morgan fingerprint density at radius 2 is 2.06 bits per heavy atom. The summed E-state index contributed by atoms with van der Waals surface area (Å²) in [4.78, 5) is 0. The summed E-state index contributed by atoms with van der Waals surface area (Å²) in [6.45, 7) is 1.67. The van der Waals surface area contributed by atoms with Gasteiger partial charge in [0.25, 0.3) is 0 Å². The predicted molar refractivity (Wildman–Crippen MR) is 73.1 cm³/mol. The molecule has 0 heterocycles. The second kappa shape index (κ2) is 9.48. The minimum absolute atomic E-state index is 0.388. The molecule has 1 rings (SSSR count). The van der Waals surface area contributed by atoms with Crippen molar-refractivity contribution in [1.29, 1.82) is 0 Å². The van der Waals surface area contributed by atoms with Crippen molar-refractivity contribution in [3.8, 4) is 0 Å². The lowest BCUT2D eigenvalue weighted by Crippen LogP contribution is -2.18. The summed E-state index contributed by atoms with van der Waals surface area (Å²) in [7, 11) is 0. The highest BCUT2D eigenvalue weighted by Gasteiger charge is 2.04. The van der Waals surface area contributed by atoms with E-state index >= 15 is 0 Å². The van der Waals surface area contributed by atoms with E-state index in [0.29, 0.717) is 19.8 Å². The van der Waals surface area contributed by atoms with E-state index in [1.165, 1.54) is 0 Å². The van der Waals surface area contributed by atoms with Crippen LogP contribution in [0, 0.1) is 0 Å². The van der Waals surface area contributed by atoms with E-state index in [4.69, 9.17) is 10.5 Å².